The van der Waals surface area contributed by atoms with E-state index in [9.17, 15) is 0 Å². The van der Waals surface area contributed by atoms with E-state index in [0.717, 1.165) is 32.5 Å². The lowest BCUT2D eigenvalue weighted by Gasteiger charge is -2.34. The normalized spacial score (nSPS) is 18.8. The number of rotatable bonds is 6. The van der Waals surface area contributed by atoms with E-state index in [1.807, 2.05) is 6.07 Å². The summed E-state index contributed by atoms with van der Waals surface area (Å²) in [5.74, 6) is 0.282. The SMILES string of the molecule is C=C1CCc2c1ccc([C@@H]1CN(C/C(C=N)=N/Nc3ncc(C#N)c(N)n3)CCN1)c2C. The average molecular weight is 430 g/mol. The molecule has 1 saturated heterocycles. The highest BCUT2D eigenvalue weighted by Crippen LogP contribution is 2.36. The van der Waals surface area contributed by atoms with Gasteiger partial charge in [0.05, 0.1) is 11.9 Å². The molecule has 1 atom stereocenters. The number of nitrogens with one attached hydrogen (secondary N) is 3. The maximum Gasteiger partial charge on any atom is 0.245 e. The molecule has 32 heavy (non-hydrogen) atoms. The third kappa shape index (κ3) is 4.37. The summed E-state index contributed by atoms with van der Waals surface area (Å²) in [6.45, 7) is 9.49. The van der Waals surface area contributed by atoms with Crippen molar-refractivity contribution >= 4 is 29.3 Å². The molecule has 2 aliphatic rings. The minimum absolute atomic E-state index is 0.0924. The number of hydrogen-bond donors (Lipinski definition) is 4. The Labute approximate surface area is 187 Å². The number of nitrogens with two attached hydrogens (primary N) is 1. The van der Waals surface area contributed by atoms with Crippen molar-refractivity contribution in [2.75, 3.05) is 37.3 Å². The minimum Gasteiger partial charge on any atom is -0.382 e. The summed E-state index contributed by atoms with van der Waals surface area (Å²) >= 11 is 0. The van der Waals surface area contributed by atoms with Crippen LogP contribution in [0.5, 0.6) is 0 Å². The van der Waals surface area contributed by atoms with Crippen molar-refractivity contribution < 1.29 is 0 Å². The maximum absolute atomic E-state index is 8.92. The highest BCUT2D eigenvalue weighted by molar-refractivity contribution is 6.30. The number of allylic oxidation sites excluding steroid dienone is 1. The molecule has 0 amide bonds. The van der Waals surface area contributed by atoms with Crippen LogP contribution in [0.4, 0.5) is 11.8 Å². The van der Waals surface area contributed by atoms with Gasteiger partial charge in [0, 0.05) is 38.4 Å². The van der Waals surface area contributed by atoms with E-state index in [-0.39, 0.29) is 23.4 Å². The summed E-state index contributed by atoms with van der Waals surface area (Å²) in [6, 6.07) is 6.59. The Morgan fingerprint density at radius 2 is 2.34 bits per heavy atom. The van der Waals surface area contributed by atoms with Crippen molar-refractivity contribution in [3.8, 4) is 6.07 Å². The zero-order chi connectivity index (χ0) is 22.7. The molecule has 9 nitrogen and oxygen atoms in total. The molecule has 0 radical (unpaired) electrons. The first kappa shape index (κ1) is 21.6. The lowest BCUT2D eigenvalue weighted by molar-refractivity contribution is 0.225. The third-order valence-corrected chi connectivity index (χ3v) is 6.12. The van der Waals surface area contributed by atoms with Gasteiger partial charge in [-0.05, 0) is 47.6 Å². The van der Waals surface area contributed by atoms with Crippen LogP contribution in [0.2, 0.25) is 0 Å². The van der Waals surface area contributed by atoms with Gasteiger partial charge in [-0.15, -0.1) is 0 Å². The number of hydrazone groups is 1. The van der Waals surface area contributed by atoms with Crippen LogP contribution in [-0.2, 0) is 6.42 Å². The Morgan fingerprint density at radius 3 is 3.09 bits per heavy atom. The second-order valence-electron chi connectivity index (χ2n) is 8.11. The Balaban J connectivity index is 1.44. The number of anilines is 2. The molecule has 0 saturated carbocycles. The standard InChI is InChI=1S/C23H27N9/c1-14-3-4-19-15(2)20(6-5-18(14)19)21-13-32(8-7-27-21)12-17(10-25)30-31-23-28-11-16(9-24)22(26)29-23/h5-6,10-11,21,25,27H,1,3-4,7-8,12-13H2,2H3,(H3,26,28,29,31)/b25-10?,30-17+/t21-/m0/s1. The van der Waals surface area contributed by atoms with Gasteiger partial charge in [0.2, 0.25) is 5.95 Å². The van der Waals surface area contributed by atoms with Gasteiger partial charge < -0.3 is 16.5 Å². The molecule has 0 unspecified atom stereocenters. The number of aromatic nitrogens is 2. The number of nitrogens with zero attached hydrogens (tertiary/aromatic N) is 5. The highest BCUT2D eigenvalue weighted by Gasteiger charge is 2.26. The van der Waals surface area contributed by atoms with Gasteiger partial charge in [0.15, 0.2) is 0 Å². The van der Waals surface area contributed by atoms with Gasteiger partial charge in [0.25, 0.3) is 0 Å². The number of fused-ring (bicyclic) bond motifs is 1. The summed E-state index contributed by atoms with van der Waals surface area (Å²) in [5.41, 5.74) is 15.9. The summed E-state index contributed by atoms with van der Waals surface area (Å²) in [6.07, 6.45) is 4.69. The predicted octanol–water partition coefficient (Wildman–Crippen LogP) is 2.26. The molecule has 2 aromatic rings. The number of benzene rings is 1. The predicted molar refractivity (Wildman–Crippen MR) is 127 cm³/mol. The average Bonchev–Trinajstić information content (AvgIpc) is 3.18. The zero-order valence-corrected chi connectivity index (χ0v) is 18.1. The van der Waals surface area contributed by atoms with Crippen LogP contribution >= 0.6 is 0 Å². The van der Waals surface area contributed by atoms with Crippen LogP contribution in [0.3, 0.4) is 0 Å². The molecular formula is C23H27N9. The van der Waals surface area contributed by atoms with Gasteiger partial charge in [-0.25, -0.2) is 10.4 Å². The van der Waals surface area contributed by atoms with Gasteiger partial charge in [-0.1, -0.05) is 18.7 Å². The summed E-state index contributed by atoms with van der Waals surface area (Å²) < 4.78 is 0. The maximum atomic E-state index is 8.92. The molecule has 1 aromatic carbocycles. The van der Waals surface area contributed by atoms with Crippen molar-refractivity contribution in [3.63, 3.8) is 0 Å². The summed E-state index contributed by atoms with van der Waals surface area (Å²) in [5, 5.41) is 24.6. The largest absolute Gasteiger partial charge is 0.382 e. The molecule has 164 valence electrons. The van der Waals surface area contributed by atoms with Crippen molar-refractivity contribution in [1.29, 1.82) is 10.7 Å². The zero-order valence-electron chi connectivity index (χ0n) is 18.1. The summed E-state index contributed by atoms with van der Waals surface area (Å²) in [4.78, 5) is 10.3. The number of piperazine rings is 1. The molecule has 9 heteroatoms. The molecule has 1 aromatic heterocycles. The molecule has 0 spiro atoms. The van der Waals surface area contributed by atoms with E-state index in [1.54, 1.807) is 0 Å². The fraction of sp³-hybridized carbons (Fsp3) is 0.348. The second-order valence-corrected chi connectivity index (χ2v) is 8.11. The Morgan fingerprint density at radius 1 is 1.50 bits per heavy atom. The molecule has 2 heterocycles. The number of nitriles is 1. The first-order chi connectivity index (χ1) is 15.5. The van der Waals surface area contributed by atoms with Crippen molar-refractivity contribution in [1.82, 2.24) is 20.2 Å². The van der Waals surface area contributed by atoms with Crippen LogP contribution in [0.1, 0.15) is 40.3 Å². The minimum atomic E-state index is 0.0924. The first-order valence-electron chi connectivity index (χ1n) is 10.6. The molecule has 5 N–H and O–H groups in total. The monoisotopic (exact) mass is 429 g/mol. The molecule has 1 aliphatic heterocycles. The van der Waals surface area contributed by atoms with Crippen molar-refractivity contribution in [3.05, 3.63) is 52.7 Å². The lowest BCUT2D eigenvalue weighted by atomic mass is 9.92. The molecule has 0 bridgehead atoms. The van der Waals surface area contributed by atoms with Gasteiger partial charge >= 0.3 is 0 Å². The fourth-order valence-corrected chi connectivity index (χ4v) is 4.38. The van der Waals surface area contributed by atoms with Gasteiger partial charge in [-0.2, -0.15) is 15.3 Å². The topological polar surface area (TPSA) is 139 Å². The second kappa shape index (κ2) is 9.26. The third-order valence-electron chi connectivity index (χ3n) is 6.12. The van der Waals surface area contributed by atoms with E-state index >= 15 is 0 Å². The van der Waals surface area contributed by atoms with E-state index in [1.165, 1.54) is 40.2 Å². The van der Waals surface area contributed by atoms with Crippen LogP contribution in [0.15, 0.2) is 30.0 Å². The van der Waals surface area contributed by atoms with Crippen LogP contribution in [0.25, 0.3) is 5.57 Å². The van der Waals surface area contributed by atoms with E-state index in [2.05, 4.69) is 56.3 Å². The smallest absolute Gasteiger partial charge is 0.245 e. The first-order valence-corrected chi connectivity index (χ1v) is 10.6. The van der Waals surface area contributed by atoms with Gasteiger partial charge in [-0.3, -0.25) is 4.90 Å². The molecule has 4 rings (SSSR count). The van der Waals surface area contributed by atoms with Crippen molar-refractivity contribution in [2.45, 2.75) is 25.8 Å². The Bertz CT molecular complexity index is 1130. The van der Waals surface area contributed by atoms with Crippen LogP contribution < -0.4 is 16.5 Å². The van der Waals surface area contributed by atoms with Crippen LogP contribution in [-0.4, -0.2) is 53.0 Å². The molecule has 1 fully saturated rings. The van der Waals surface area contributed by atoms with Crippen molar-refractivity contribution in [2.24, 2.45) is 5.10 Å². The fourth-order valence-electron chi connectivity index (χ4n) is 4.38. The van der Waals surface area contributed by atoms with Gasteiger partial charge in [0.1, 0.15) is 17.5 Å². The summed E-state index contributed by atoms with van der Waals surface area (Å²) in [7, 11) is 0. The Hall–Kier alpha value is -3.61. The Kier molecular flexibility index (Phi) is 6.25. The molecule has 1 aliphatic carbocycles. The highest BCUT2D eigenvalue weighted by atomic mass is 15.4. The quantitative estimate of drug-likeness (QED) is 0.408. The van der Waals surface area contributed by atoms with E-state index in [0.29, 0.717) is 12.3 Å². The number of hydrogen-bond acceptors (Lipinski definition) is 9. The van der Waals surface area contributed by atoms with Crippen LogP contribution in [0, 0.1) is 23.7 Å². The van der Waals surface area contributed by atoms with E-state index in [4.69, 9.17) is 16.4 Å². The van der Waals surface area contributed by atoms with E-state index < -0.39 is 0 Å². The molecular weight excluding hydrogens is 402 g/mol. The lowest BCUT2D eigenvalue weighted by Crippen LogP contribution is -2.47. The number of nitrogen functional groups attached to an aromatic ring is 1.